The minimum absolute atomic E-state index is 0.141. The Morgan fingerprint density at radius 2 is 2.12 bits per heavy atom. The molecule has 2 atom stereocenters. The fourth-order valence-electron chi connectivity index (χ4n) is 1.53. The van der Waals surface area contributed by atoms with Crippen LogP contribution in [0.4, 0.5) is 4.39 Å². The molecule has 0 aliphatic carbocycles. The Hall–Kier alpha value is -1.13. The molecule has 3 nitrogen and oxygen atoms in total. The molecule has 90 valence electrons. The second-order valence-electron chi connectivity index (χ2n) is 3.58. The van der Waals surface area contributed by atoms with Crippen molar-refractivity contribution >= 4 is 0 Å². The third kappa shape index (κ3) is 2.93. The molecule has 2 N–H and O–H groups in total. The highest BCUT2D eigenvalue weighted by Crippen LogP contribution is 2.23. The maximum Gasteiger partial charge on any atom is 0.165 e. The highest BCUT2D eigenvalue weighted by molar-refractivity contribution is 5.31. The first-order valence-electron chi connectivity index (χ1n) is 5.30. The van der Waals surface area contributed by atoms with Crippen LogP contribution in [0.15, 0.2) is 18.2 Å². The molecule has 4 heteroatoms. The van der Waals surface area contributed by atoms with Gasteiger partial charge < -0.3 is 15.2 Å². The van der Waals surface area contributed by atoms with Gasteiger partial charge in [-0.05, 0) is 31.5 Å². The van der Waals surface area contributed by atoms with E-state index in [0.29, 0.717) is 12.2 Å². The first-order chi connectivity index (χ1) is 7.60. The zero-order chi connectivity index (χ0) is 12.1. The number of nitrogens with two attached hydrogens (primary N) is 1. The quantitative estimate of drug-likeness (QED) is 0.839. The summed E-state index contributed by atoms with van der Waals surface area (Å²) < 4.78 is 23.7. The molecule has 1 rings (SSSR count). The van der Waals surface area contributed by atoms with E-state index in [1.165, 1.54) is 13.2 Å². The van der Waals surface area contributed by atoms with Crippen molar-refractivity contribution in [3.8, 4) is 5.75 Å². The molecule has 2 unspecified atom stereocenters. The summed E-state index contributed by atoms with van der Waals surface area (Å²) in [5, 5.41) is 0. The minimum Gasteiger partial charge on any atom is -0.494 e. The second kappa shape index (κ2) is 5.82. The number of hydrogen-bond acceptors (Lipinski definition) is 3. The van der Waals surface area contributed by atoms with E-state index in [4.69, 9.17) is 15.2 Å². The van der Waals surface area contributed by atoms with E-state index < -0.39 is 5.82 Å². The number of benzene rings is 1. The lowest BCUT2D eigenvalue weighted by Gasteiger charge is -2.20. The van der Waals surface area contributed by atoms with Crippen molar-refractivity contribution in [3.05, 3.63) is 29.6 Å². The maximum absolute atomic E-state index is 13.4. The van der Waals surface area contributed by atoms with E-state index in [9.17, 15) is 4.39 Å². The molecule has 1 aromatic rings. The number of halogens is 1. The Labute approximate surface area is 95.4 Å². The summed E-state index contributed by atoms with van der Waals surface area (Å²) >= 11 is 0. The van der Waals surface area contributed by atoms with Crippen LogP contribution in [0.2, 0.25) is 0 Å². The Kier molecular flexibility index (Phi) is 4.71. The number of rotatable bonds is 5. The fraction of sp³-hybridized carbons (Fsp3) is 0.500. The van der Waals surface area contributed by atoms with E-state index in [1.807, 2.05) is 13.8 Å². The van der Waals surface area contributed by atoms with E-state index in [0.717, 1.165) is 0 Å². The average molecular weight is 227 g/mol. The number of hydrogen-bond donors (Lipinski definition) is 1. The molecule has 0 saturated carbocycles. The molecule has 0 saturated heterocycles. The Morgan fingerprint density at radius 3 is 2.62 bits per heavy atom. The van der Waals surface area contributed by atoms with Crippen LogP contribution >= 0.6 is 0 Å². The van der Waals surface area contributed by atoms with Gasteiger partial charge in [0, 0.05) is 6.61 Å². The van der Waals surface area contributed by atoms with Gasteiger partial charge in [-0.15, -0.1) is 0 Å². The van der Waals surface area contributed by atoms with Crippen molar-refractivity contribution in [1.29, 1.82) is 0 Å². The van der Waals surface area contributed by atoms with Crippen LogP contribution in [0.5, 0.6) is 5.75 Å². The van der Waals surface area contributed by atoms with Gasteiger partial charge in [0.15, 0.2) is 11.6 Å². The van der Waals surface area contributed by atoms with E-state index in [2.05, 4.69) is 0 Å². The number of ether oxygens (including phenoxy) is 2. The summed E-state index contributed by atoms with van der Waals surface area (Å²) in [5.74, 6) is -0.181. The van der Waals surface area contributed by atoms with Gasteiger partial charge in [-0.2, -0.15) is 0 Å². The van der Waals surface area contributed by atoms with Crippen molar-refractivity contribution in [2.75, 3.05) is 13.7 Å². The molecule has 0 bridgehead atoms. The zero-order valence-corrected chi connectivity index (χ0v) is 9.87. The van der Waals surface area contributed by atoms with Crippen LogP contribution in [-0.4, -0.2) is 19.8 Å². The van der Waals surface area contributed by atoms with E-state index in [-0.39, 0.29) is 17.9 Å². The average Bonchev–Trinajstić information content (AvgIpc) is 2.28. The van der Waals surface area contributed by atoms with Gasteiger partial charge in [0.1, 0.15) is 0 Å². The summed E-state index contributed by atoms with van der Waals surface area (Å²) in [6.45, 7) is 4.36. The van der Waals surface area contributed by atoms with Crippen molar-refractivity contribution in [2.24, 2.45) is 5.73 Å². The maximum atomic E-state index is 13.4. The molecule has 0 heterocycles. The van der Waals surface area contributed by atoms with Crippen molar-refractivity contribution < 1.29 is 13.9 Å². The van der Waals surface area contributed by atoms with Gasteiger partial charge in [0.05, 0.1) is 19.3 Å². The summed E-state index contributed by atoms with van der Waals surface area (Å²) in [7, 11) is 1.43. The van der Waals surface area contributed by atoms with Crippen LogP contribution in [0.25, 0.3) is 0 Å². The van der Waals surface area contributed by atoms with Gasteiger partial charge in [0.25, 0.3) is 0 Å². The van der Waals surface area contributed by atoms with Crippen LogP contribution in [0.1, 0.15) is 25.5 Å². The SMILES string of the molecule is CCOC(C)C(N)c1ccc(OC)c(F)c1. The van der Waals surface area contributed by atoms with Crippen molar-refractivity contribution in [1.82, 2.24) is 0 Å². The second-order valence-corrected chi connectivity index (χ2v) is 3.58. The monoisotopic (exact) mass is 227 g/mol. The van der Waals surface area contributed by atoms with Crippen LogP contribution in [0.3, 0.4) is 0 Å². The molecule has 1 aromatic carbocycles. The predicted octanol–water partition coefficient (Wildman–Crippen LogP) is 2.26. The highest BCUT2D eigenvalue weighted by Gasteiger charge is 2.16. The standard InChI is InChI=1S/C12H18FNO2/c1-4-16-8(2)12(14)9-5-6-11(15-3)10(13)7-9/h5-8,12H,4,14H2,1-3H3. The van der Waals surface area contributed by atoms with Crippen LogP contribution in [0, 0.1) is 5.82 Å². The van der Waals surface area contributed by atoms with Crippen molar-refractivity contribution in [2.45, 2.75) is 26.0 Å². The first-order valence-corrected chi connectivity index (χ1v) is 5.30. The lowest BCUT2D eigenvalue weighted by Crippen LogP contribution is -2.26. The molecule has 0 aromatic heterocycles. The molecular formula is C12H18FNO2. The predicted molar refractivity (Wildman–Crippen MR) is 61.0 cm³/mol. The third-order valence-electron chi connectivity index (χ3n) is 2.50. The Morgan fingerprint density at radius 1 is 1.44 bits per heavy atom. The first kappa shape index (κ1) is 12.9. The molecule has 0 aliphatic heterocycles. The lowest BCUT2D eigenvalue weighted by atomic mass is 10.0. The lowest BCUT2D eigenvalue weighted by molar-refractivity contribution is 0.0574. The minimum atomic E-state index is -0.404. The topological polar surface area (TPSA) is 44.5 Å². The van der Waals surface area contributed by atoms with Gasteiger partial charge >= 0.3 is 0 Å². The summed E-state index contributed by atoms with van der Waals surface area (Å²) in [4.78, 5) is 0. The Bertz CT molecular complexity index is 344. The van der Waals surface area contributed by atoms with Gasteiger partial charge in [0.2, 0.25) is 0 Å². The molecule has 0 aliphatic rings. The number of methoxy groups -OCH3 is 1. The highest BCUT2D eigenvalue weighted by atomic mass is 19.1. The fourth-order valence-corrected chi connectivity index (χ4v) is 1.53. The van der Waals surface area contributed by atoms with E-state index in [1.54, 1.807) is 12.1 Å². The van der Waals surface area contributed by atoms with E-state index >= 15 is 0 Å². The van der Waals surface area contributed by atoms with Crippen LogP contribution < -0.4 is 10.5 Å². The molecule has 0 radical (unpaired) electrons. The van der Waals surface area contributed by atoms with Gasteiger partial charge in [-0.1, -0.05) is 6.07 Å². The normalized spacial score (nSPS) is 14.6. The zero-order valence-electron chi connectivity index (χ0n) is 9.87. The molecular weight excluding hydrogens is 209 g/mol. The molecule has 0 spiro atoms. The molecule has 0 amide bonds. The van der Waals surface area contributed by atoms with Gasteiger partial charge in [-0.3, -0.25) is 0 Å². The van der Waals surface area contributed by atoms with Gasteiger partial charge in [-0.25, -0.2) is 4.39 Å². The smallest absolute Gasteiger partial charge is 0.165 e. The van der Waals surface area contributed by atoms with Crippen molar-refractivity contribution in [3.63, 3.8) is 0 Å². The summed E-state index contributed by atoms with van der Waals surface area (Å²) in [5.41, 5.74) is 6.66. The summed E-state index contributed by atoms with van der Waals surface area (Å²) in [6.07, 6.45) is -0.141. The van der Waals surface area contributed by atoms with Crippen LogP contribution in [-0.2, 0) is 4.74 Å². The summed E-state index contributed by atoms with van der Waals surface area (Å²) in [6, 6.07) is 4.38. The molecule has 0 fully saturated rings. The molecule has 16 heavy (non-hydrogen) atoms. The Balaban J connectivity index is 2.84. The third-order valence-corrected chi connectivity index (χ3v) is 2.50. The largest absolute Gasteiger partial charge is 0.494 e.